The van der Waals surface area contributed by atoms with E-state index in [1.165, 1.54) is 0 Å². The summed E-state index contributed by atoms with van der Waals surface area (Å²) in [6.07, 6.45) is 0.900. The summed E-state index contributed by atoms with van der Waals surface area (Å²) < 4.78 is 27.5. The zero-order valence-electron chi connectivity index (χ0n) is 10.6. The third kappa shape index (κ3) is 2.81. The van der Waals surface area contributed by atoms with Crippen molar-refractivity contribution in [1.82, 2.24) is 4.72 Å². The third-order valence-corrected chi connectivity index (χ3v) is 5.99. The molecule has 4 nitrogen and oxygen atoms in total. The molecule has 3 N–H and O–H groups in total. The molecule has 100 valence electrons. The molecule has 1 atom stereocenters. The summed E-state index contributed by atoms with van der Waals surface area (Å²) in [6, 6.07) is 3.45. The van der Waals surface area contributed by atoms with Gasteiger partial charge in [0, 0.05) is 17.5 Å². The van der Waals surface area contributed by atoms with Crippen molar-refractivity contribution in [3.05, 3.63) is 23.3 Å². The molecule has 0 radical (unpaired) electrons. The van der Waals surface area contributed by atoms with Crippen LogP contribution in [0.1, 0.15) is 17.5 Å². The van der Waals surface area contributed by atoms with Crippen LogP contribution in [-0.2, 0) is 10.0 Å². The zero-order valence-corrected chi connectivity index (χ0v) is 12.2. The number of rotatable bonds is 3. The molecule has 0 saturated carbocycles. The lowest BCUT2D eigenvalue weighted by Crippen LogP contribution is -2.35. The van der Waals surface area contributed by atoms with Crippen LogP contribution in [0, 0.1) is 13.8 Å². The van der Waals surface area contributed by atoms with Crippen molar-refractivity contribution in [2.75, 3.05) is 17.2 Å². The summed E-state index contributed by atoms with van der Waals surface area (Å²) in [5, 5.41) is 0. The molecule has 1 aliphatic rings. The lowest BCUT2D eigenvalue weighted by Gasteiger charge is -2.16. The molecular formula is C12H18N2O2S2. The van der Waals surface area contributed by atoms with Crippen molar-refractivity contribution in [3.8, 4) is 0 Å². The van der Waals surface area contributed by atoms with Gasteiger partial charge >= 0.3 is 0 Å². The molecule has 1 aromatic rings. The summed E-state index contributed by atoms with van der Waals surface area (Å²) in [6.45, 7) is 3.56. The Morgan fingerprint density at radius 1 is 1.33 bits per heavy atom. The number of benzene rings is 1. The predicted octanol–water partition coefficient (Wildman–Crippen LogP) is 1.67. The van der Waals surface area contributed by atoms with Gasteiger partial charge in [-0.15, -0.1) is 0 Å². The molecule has 2 rings (SSSR count). The molecule has 1 aliphatic heterocycles. The fourth-order valence-corrected chi connectivity index (χ4v) is 5.29. The van der Waals surface area contributed by atoms with Gasteiger partial charge in [-0.3, -0.25) is 0 Å². The molecule has 1 unspecified atom stereocenters. The topological polar surface area (TPSA) is 72.2 Å². The number of anilines is 1. The minimum absolute atomic E-state index is 0.0522. The highest BCUT2D eigenvalue weighted by atomic mass is 32.2. The Bertz CT molecular complexity index is 526. The number of hydrogen-bond acceptors (Lipinski definition) is 4. The third-order valence-electron chi connectivity index (χ3n) is 3.00. The van der Waals surface area contributed by atoms with Crippen molar-refractivity contribution < 1.29 is 8.42 Å². The van der Waals surface area contributed by atoms with Crippen molar-refractivity contribution >= 4 is 27.5 Å². The largest absolute Gasteiger partial charge is 0.399 e. The molecular weight excluding hydrogens is 268 g/mol. The fraction of sp³-hybridized carbons (Fsp3) is 0.500. The van der Waals surface area contributed by atoms with Crippen molar-refractivity contribution in [2.45, 2.75) is 31.2 Å². The van der Waals surface area contributed by atoms with Gasteiger partial charge in [-0.05, 0) is 49.3 Å². The summed E-state index contributed by atoms with van der Waals surface area (Å²) in [4.78, 5) is 0.369. The molecule has 6 heteroatoms. The first-order chi connectivity index (χ1) is 8.40. The number of hydrogen-bond donors (Lipinski definition) is 2. The summed E-state index contributed by atoms with van der Waals surface area (Å²) in [7, 11) is -3.44. The van der Waals surface area contributed by atoms with E-state index >= 15 is 0 Å². The lowest BCUT2D eigenvalue weighted by atomic mass is 10.1. The number of aryl methyl sites for hydroxylation is 2. The van der Waals surface area contributed by atoms with E-state index in [1.54, 1.807) is 37.7 Å². The Kier molecular flexibility index (Phi) is 3.89. The van der Waals surface area contributed by atoms with Gasteiger partial charge in [0.1, 0.15) is 0 Å². The lowest BCUT2D eigenvalue weighted by molar-refractivity contribution is 0.562. The molecule has 0 aromatic heterocycles. The van der Waals surface area contributed by atoms with Gasteiger partial charge in [-0.1, -0.05) is 0 Å². The van der Waals surface area contributed by atoms with Gasteiger partial charge in [0.25, 0.3) is 0 Å². The summed E-state index contributed by atoms with van der Waals surface area (Å²) in [5.41, 5.74) is 7.71. The second-order valence-corrected chi connectivity index (χ2v) is 7.47. The maximum Gasteiger partial charge on any atom is 0.241 e. The van der Waals surface area contributed by atoms with Crippen LogP contribution < -0.4 is 10.5 Å². The number of nitrogens with one attached hydrogen (secondary N) is 1. The van der Waals surface area contributed by atoms with Gasteiger partial charge in [0.05, 0.1) is 4.90 Å². The minimum atomic E-state index is -3.44. The first kappa shape index (κ1) is 13.7. The Morgan fingerprint density at radius 3 is 2.44 bits per heavy atom. The molecule has 1 heterocycles. The Balaban J connectivity index is 2.34. The maximum absolute atomic E-state index is 12.4. The van der Waals surface area contributed by atoms with Crippen molar-refractivity contribution in [3.63, 3.8) is 0 Å². The van der Waals surface area contributed by atoms with E-state index in [1.807, 2.05) is 0 Å². The molecule has 1 saturated heterocycles. The van der Waals surface area contributed by atoms with Crippen LogP contribution in [-0.4, -0.2) is 26.0 Å². The molecule has 1 aromatic carbocycles. The van der Waals surface area contributed by atoms with Crippen LogP contribution in [0.4, 0.5) is 5.69 Å². The summed E-state index contributed by atoms with van der Waals surface area (Å²) >= 11 is 1.78. The average molecular weight is 286 g/mol. The minimum Gasteiger partial charge on any atom is -0.399 e. The SMILES string of the molecule is Cc1cc(N)cc(C)c1S(=O)(=O)NC1CCSC1. The first-order valence-electron chi connectivity index (χ1n) is 5.87. The van der Waals surface area contributed by atoms with Crippen molar-refractivity contribution in [2.24, 2.45) is 0 Å². The molecule has 1 fully saturated rings. The molecule has 0 spiro atoms. The molecule has 0 bridgehead atoms. The predicted molar refractivity (Wildman–Crippen MR) is 76.4 cm³/mol. The van der Waals surface area contributed by atoms with Gasteiger partial charge in [0.15, 0.2) is 0 Å². The normalized spacial score (nSPS) is 20.2. The fourth-order valence-electron chi connectivity index (χ4n) is 2.31. The number of nitrogens with two attached hydrogens (primary N) is 1. The Morgan fingerprint density at radius 2 is 1.94 bits per heavy atom. The molecule has 0 amide bonds. The van der Waals surface area contributed by atoms with E-state index in [9.17, 15) is 8.42 Å². The van der Waals surface area contributed by atoms with Crippen molar-refractivity contribution in [1.29, 1.82) is 0 Å². The van der Waals surface area contributed by atoms with E-state index in [0.717, 1.165) is 17.9 Å². The maximum atomic E-state index is 12.4. The Hall–Kier alpha value is -0.720. The summed E-state index contributed by atoms with van der Waals surface area (Å²) in [5.74, 6) is 1.87. The second-order valence-electron chi connectivity index (χ2n) is 4.67. The number of nitrogen functional groups attached to an aromatic ring is 1. The highest BCUT2D eigenvalue weighted by Crippen LogP contribution is 2.25. The van der Waals surface area contributed by atoms with E-state index < -0.39 is 10.0 Å². The standard InChI is InChI=1S/C12H18N2O2S2/c1-8-5-10(13)6-9(2)12(8)18(15,16)14-11-3-4-17-7-11/h5-6,11,14H,3-4,7,13H2,1-2H3. The van der Waals surface area contributed by atoms with Crippen LogP contribution in [0.25, 0.3) is 0 Å². The van der Waals surface area contributed by atoms with E-state index in [0.29, 0.717) is 21.7 Å². The highest BCUT2D eigenvalue weighted by Gasteiger charge is 2.25. The van der Waals surface area contributed by atoms with Crippen LogP contribution in [0.5, 0.6) is 0 Å². The van der Waals surface area contributed by atoms with Gasteiger partial charge < -0.3 is 5.73 Å². The van der Waals surface area contributed by atoms with E-state index in [4.69, 9.17) is 5.73 Å². The number of sulfonamides is 1. The van der Waals surface area contributed by atoms with Gasteiger partial charge in [-0.2, -0.15) is 11.8 Å². The smallest absolute Gasteiger partial charge is 0.241 e. The first-order valence-corrected chi connectivity index (χ1v) is 8.51. The van der Waals surface area contributed by atoms with Crippen LogP contribution in [0.2, 0.25) is 0 Å². The van der Waals surface area contributed by atoms with Gasteiger partial charge in [0.2, 0.25) is 10.0 Å². The monoisotopic (exact) mass is 286 g/mol. The zero-order chi connectivity index (χ0) is 13.3. The van der Waals surface area contributed by atoms with E-state index in [2.05, 4.69) is 4.72 Å². The number of thioether (sulfide) groups is 1. The average Bonchev–Trinajstić information content (AvgIpc) is 2.66. The molecule has 0 aliphatic carbocycles. The van der Waals surface area contributed by atoms with Gasteiger partial charge in [-0.25, -0.2) is 13.1 Å². The van der Waals surface area contributed by atoms with E-state index in [-0.39, 0.29) is 6.04 Å². The van der Waals surface area contributed by atoms with Crippen LogP contribution >= 0.6 is 11.8 Å². The quantitative estimate of drug-likeness (QED) is 0.829. The molecule has 18 heavy (non-hydrogen) atoms. The highest BCUT2D eigenvalue weighted by molar-refractivity contribution is 7.99. The van der Waals surface area contributed by atoms with Crippen LogP contribution in [0.3, 0.4) is 0 Å². The Labute approximate surface area is 112 Å². The van der Waals surface area contributed by atoms with Crippen LogP contribution in [0.15, 0.2) is 17.0 Å². The second kappa shape index (κ2) is 5.11.